The van der Waals surface area contributed by atoms with E-state index in [4.69, 9.17) is 4.42 Å². The fourth-order valence-electron chi connectivity index (χ4n) is 3.69. The Balaban J connectivity index is 2.01. The van der Waals surface area contributed by atoms with Crippen LogP contribution in [0.4, 0.5) is 0 Å². The zero-order chi connectivity index (χ0) is 22.5. The van der Waals surface area contributed by atoms with E-state index >= 15 is 0 Å². The van der Waals surface area contributed by atoms with E-state index in [-0.39, 0.29) is 17.0 Å². The van der Waals surface area contributed by atoms with Gasteiger partial charge >= 0.3 is 0 Å². The fourth-order valence-corrected chi connectivity index (χ4v) is 3.69. The Kier molecular flexibility index (Phi) is 7.36. The van der Waals surface area contributed by atoms with Crippen molar-refractivity contribution in [1.82, 2.24) is 9.80 Å². The van der Waals surface area contributed by atoms with Gasteiger partial charge in [-0.05, 0) is 62.6 Å². The predicted octanol–water partition coefficient (Wildman–Crippen LogP) is 4.00. The van der Waals surface area contributed by atoms with Crippen molar-refractivity contribution in [3.8, 4) is 0 Å². The number of carbonyl (C=O) groups excluding carboxylic acids is 2. The third kappa shape index (κ3) is 4.92. The number of hydrogen-bond acceptors (Lipinski definition) is 6. The van der Waals surface area contributed by atoms with E-state index in [0.717, 1.165) is 26.2 Å². The first-order valence-corrected chi connectivity index (χ1v) is 10.9. The van der Waals surface area contributed by atoms with Gasteiger partial charge in [-0.2, -0.15) is 0 Å². The first kappa shape index (κ1) is 22.8. The summed E-state index contributed by atoms with van der Waals surface area (Å²) in [6, 6.07) is 9.96. The minimum Gasteiger partial charge on any atom is -0.456 e. The minimum absolute atomic E-state index is 0.0340. The molecule has 2 aromatic carbocycles. The van der Waals surface area contributed by atoms with Gasteiger partial charge in [-0.1, -0.05) is 27.7 Å². The third-order valence-corrected chi connectivity index (χ3v) is 5.84. The average molecular weight is 423 g/mol. The highest BCUT2D eigenvalue weighted by molar-refractivity contribution is 6.03. The largest absolute Gasteiger partial charge is 0.456 e. The van der Waals surface area contributed by atoms with Gasteiger partial charge in [0, 0.05) is 11.1 Å². The van der Waals surface area contributed by atoms with E-state index in [1.54, 1.807) is 36.4 Å². The van der Waals surface area contributed by atoms with E-state index < -0.39 is 0 Å². The van der Waals surface area contributed by atoms with Crippen molar-refractivity contribution in [2.75, 3.05) is 39.3 Å². The second-order valence-electron chi connectivity index (χ2n) is 7.62. The SMILES string of the molecule is CCN(CC)CC(=O)c1ccc2oc3ccc(C(=O)CN(CC)CC)cc3c(=O)c2c1. The van der Waals surface area contributed by atoms with Crippen LogP contribution in [0.1, 0.15) is 48.4 Å². The standard InChI is InChI=1S/C25H30N2O4/c1-5-26(6-2)15-21(28)17-9-11-23-19(13-17)25(30)20-14-18(10-12-24(20)31-23)22(29)16-27(7-3)8-4/h9-14H,5-8,15-16H2,1-4H3. The third-order valence-electron chi connectivity index (χ3n) is 5.84. The molecule has 0 aliphatic heterocycles. The molecule has 0 amide bonds. The van der Waals surface area contributed by atoms with Crippen molar-refractivity contribution in [2.45, 2.75) is 27.7 Å². The summed E-state index contributed by atoms with van der Waals surface area (Å²) in [6.45, 7) is 11.8. The summed E-state index contributed by atoms with van der Waals surface area (Å²) in [6.07, 6.45) is 0. The van der Waals surface area contributed by atoms with Crippen LogP contribution in [0.3, 0.4) is 0 Å². The molecule has 0 saturated heterocycles. The molecular weight excluding hydrogens is 392 g/mol. The van der Waals surface area contributed by atoms with Crippen molar-refractivity contribution in [2.24, 2.45) is 0 Å². The Labute approximate surface area is 182 Å². The Morgan fingerprint density at radius 2 is 1.10 bits per heavy atom. The molecule has 0 aliphatic rings. The maximum absolute atomic E-state index is 13.2. The predicted molar refractivity (Wildman–Crippen MR) is 124 cm³/mol. The Bertz CT molecular complexity index is 1070. The zero-order valence-corrected chi connectivity index (χ0v) is 18.7. The number of hydrogen-bond donors (Lipinski definition) is 0. The number of ketones is 2. The number of carbonyl (C=O) groups is 2. The van der Waals surface area contributed by atoms with Crippen LogP contribution in [-0.4, -0.2) is 60.6 Å². The highest BCUT2D eigenvalue weighted by atomic mass is 16.3. The van der Waals surface area contributed by atoms with E-state index in [1.807, 2.05) is 37.5 Å². The normalized spacial score (nSPS) is 11.7. The number of benzene rings is 2. The van der Waals surface area contributed by atoms with Gasteiger partial charge in [-0.3, -0.25) is 24.2 Å². The van der Waals surface area contributed by atoms with Crippen LogP contribution in [0.25, 0.3) is 21.9 Å². The number of nitrogens with zero attached hydrogens (tertiary/aromatic N) is 2. The Morgan fingerprint density at radius 1 is 0.710 bits per heavy atom. The molecule has 0 bridgehead atoms. The Hall–Kier alpha value is -2.83. The molecule has 3 aromatic rings. The molecular formula is C25H30N2O4. The molecule has 6 heteroatoms. The van der Waals surface area contributed by atoms with E-state index in [1.165, 1.54) is 0 Å². The van der Waals surface area contributed by atoms with Crippen LogP contribution < -0.4 is 5.43 Å². The van der Waals surface area contributed by atoms with Gasteiger partial charge in [0.1, 0.15) is 11.2 Å². The lowest BCUT2D eigenvalue weighted by atomic mass is 10.0. The van der Waals surface area contributed by atoms with Crippen molar-refractivity contribution < 1.29 is 14.0 Å². The zero-order valence-electron chi connectivity index (χ0n) is 18.7. The van der Waals surface area contributed by atoms with E-state index in [2.05, 4.69) is 0 Å². The van der Waals surface area contributed by atoms with Crippen molar-refractivity contribution in [3.63, 3.8) is 0 Å². The van der Waals surface area contributed by atoms with Gasteiger partial charge in [-0.25, -0.2) is 0 Å². The lowest BCUT2D eigenvalue weighted by Crippen LogP contribution is -2.29. The lowest BCUT2D eigenvalue weighted by Gasteiger charge is -2.17. The molecule has 0 unspecified atom stereocenters. The highest BCUT2D eigenvalue weighted by Gasteiger charge is 2.16. The van der Waals surface area contributed by atoms with Crippen molar-refractivity contribution in [3.05, 3.63) is 57.7 Å². The van der Waals surface area contributed by atoms with Crippen LogP contribution in [0, 0.1) is 0 Å². The molecule has 0 atom stereocenters. The van der Waals surface area contributed by atoms with Gasteiger partial charge < -0.3 is 4.42 Å². The fraction of sp³-hybridized carbons (Fsp3) is 0.400. The molecule has 0 spiro atoms. The number of likely N-dealkylation sites (N-methyl/N-ethyl adjacent to an activating group) is 2. The molecule has 1 aromatic heterocycles. The smallest absolute Gasteiger partial charge is 0.200 e. The van der Waals surface area contributed by atoms with E-state index in [9.17, 15) is 14.4 Å². The molecule has 164 valence electrons. The molecule has 0 N–H and O–H groups in total. The number of fused-ring (bicyclic) bond motifs is 2. The summed E-state index contributed by atoms with van der Waals surface area (Å²) in [7, 11) is 0. The monoisotopic (exact) mass is 422 g/mol. The van der Waals surface area contributed by atoms with Gasteiger partial charge in [-0.15, -0.1) is 0 Å². The molecule has 0 aliphatic carbocycles. The lowest BCUT2D eigenvalue weighted by molar-refractivity contribution is 0.0930. The first-order chi connectivity index (χ1) is 14.9. The maximum atomic E-state index is 13.2. The van der Waals surface area contributed by atoms with Crippen LogP contribution >= 0.6 is 0 Å². The quantitative estimate of drug-likeness (QED) is 0.363. The molecule has 31 heavy (non-hydrogen) atoms. The van der Waals surface area contributed by atoms with Gasteiger partial charge in [0.15, 0.2) is 11.6 Å². The van der Waals surface area contributed by atoms with Crippen molar-refractivity contribution in [1.29, 1.82) is 0 Å². The molecule has 0 saturated carbocycles. The maximum Gasteiger partial charge on any atom is 0.200 e. The summed E-state index contributed by atoms with van der Waals surface area (Å²) < 4.78 is 5.90. The number of Topliss-reactive ketones (excluding diaryl/α,β-unsaturated/α-hetero) is 2. The summed E-state index contributed by atoms with van der Waals surface area (Å²) in [4.78, 5) is 42.6. The average Bonchev–Trinajstić information content (AvgIpc) is 2.80. The van der Waals surface area contributed by atoms with Crippen LogP contribution in [0.15, 0.2) is 45.6 Å². The van der Waals surface area contributed by atoms with Crippen LogP contribution in [0.5, 0.6) is 0 Å². The summed E-state index contributed by atoms with van der Waals surface area (Å²) in [5, 5.41) is 0.706. The Morgan fingerprint density at radius 3 is 1.45 bits per heavy atom. The van der Waals surface area contributed by atoms with Gasteiger partial charge in [0.25, 0.3) is 0 Å². The van der Waals surface area contributed by atoms with Crippen LogP contribution in [-0.2, 0) is 0 Å². The topological polar surface area (TPSA) is 70.8 Å². The van der Waals surface area contributed by atoms with Crippen molar-refractivity contribution >= 4 is 33.5 Å². The summed E-state index contributed by atoms with van der Waals surface area (Å²) >= 11 is 0. The van der Waals surface area contributed by atoms with Crippen LogP contribution in [0.2, 0.25) is 0 Å². The molecule has 1 heterocycles. The minimum atomic E-state index is -0.230. The van der Waals surface area contributed by atoms with Gasteiger partial charge in [0.05, 0.1) is 23.9 Å². The van der Waals surface area contributed by atoms with Gasteiger partial charge in [0.2, 0.25) is 5.43 Å². The molecule has 0 fully saturated rings. The summed E-state index contributed by atoms with van der Waals surface area (Å²) in [5.41, 5.74) is 1.60. The first-order valence-electron chi connectivity index (χ1n) is 10.9. The number of rotatable bonds is 10. The molecule has 6 nitrogen and oxygen atoms in total. The van der Waals surface area contributed by atoms with E-state index in [0.29, 0.717) is 46.2 Å². The second kappa shape index (κ2) is 9.98. The summed E-state index contributed by atoms with van der Waals surface area (Å²) in [5.74, 6) is -0.0681. The second-order valence-corrected chi connectivity index (χ2v) is 7.62. The molecule has 0 radical (unpaired) electrons. The molecule has 3 rings (SSSR count). The highest BCUT2D eigenvalue weighted by Crippen LogP contribution is 2.21.